The average Bonchev–Trinajstić information content (AvgIpc) is 2.60. The van der Waals surface area contributed by atoms with Crippen molar-refractivity contribution >= 4 is 0 Å². The van der Waals surface area contributed by atoms with E-state index in [2.05, 4.69) is 0 Å². The maximum Gasteiger partial charge on any atom is 0.157 e. The molecule has 0 spiro atoms. The van der Waals surface area contributed by atoms with Crippen LogP contribution >= 0.6 is 0 Å². The van der Waals surface area contributed by atoms with Crippen molar-refractivity contribution in [1.29, 1.82) is 0 Å². The Labute approximate surface area is 142 Å². The Hall–Kier alpha value is -2.56. The molecule has 5 nitrogen and oxygen atoms in total. The summed E-state index contributed by atoms with van der Waals surface area (Å²) in [5.74, 6) is 0.0182. The van der Waals surface area contributed by atoms with Gasteiger partial charge in [-0.15, -0.1) is 0 Å². The number of rotatable bonds is 1. The van der Waals surface area contributed by atoms with Gasteiger partial charge in [0.15, 0.2) is 11.5 Å². The third-order valence-electron chi connectivity index (χ3n) is 3.47. The lowest BCUT2D eigenvalue weighted by atomic mass is 9.96. The molecule has 0 aromatic heterocycles. The van der Waals surface area contributed by atoms with Crippen LogP contribution in [-0.4, -0.2) is 20.4 Å². The van der Waals surface area contributed by atoms with Crippen LogP contribution in [0.15, 0.2) is 30.3 Å². The monoisotopic (exact) mass is 334 g/mol. The molecule has 4 N–H and O–H groups in total. The SMILES string of the molecule is CC.CC.Oc1cc(O)c2c(c1)OC(c1ccc(O)c(O)c1)CC2. The van der Waals surface area contributed by atoms with Crippen molar-refractivity contribution in [2.24, 2.45) is 0 Å². The predicted molar refractivity (Wildman–Crippen MR) is 93.9 cm³/mol. The Morgan fingerprint density at radius 1 is 0.833 bits per heavy atom. The van der Waals surface area contributed by atoms with Gasteiger partial charge in [0.2, 0.25) is 0 Å². The molecule has 2 aromatic carbocycles. The van der Waals surface area contributed by atoms with Gasteiger partial charge in [0.1, 0.15) is 23.4 Å². The van der Waals surface area contributed by atoms with E-state index in [0.717, 1.165) is 5.56 Å². The van der Waals surface area contributed by atoms with E-state index in [4.69, 9.17) is 4.74 Å². The van der Waals surface area contributed by atoms with Crippen molar-refractivity contribution in [3.8, 4) is 28.7 Å². The van der Waals surface area contributed by atoms with Gasteiger partial charge in [0, 0.05) is 17.7 Å². The van der Waals surface area contributed by atoms with Crippen LogP contribution in [0.2, 0.25) is 0 Å². The Morgan fingerprint density at radius 3 is 2.12 bits per heavy atom. The molecule has 1 unspecified atom stereocenters. The van der Waals surface area contributed by atoms with Gasteiger partial charge < -0.3 is 25.2 Å². The van der Waals surface area contributed by atoms with E-state index in [-0.39, 0.29) is 29.1 Å². The molecule has 0 bridgehead atoms. The average molecular weight is 334 g/mol. The summed E-state index contributed by atoms with van der Waals surface area (Å²) in [7, 11) is 0. The van der Waals surface area contributed by atoms with Crippen LogP contribution in [0, 0.1) is 0 Å². The number of ether oxygens (including phenoxy) is 1. The van der Waals surface area contributed by atoms with Crippen molar-refractivity contribution in [2.45, 2.75) is 46.6 Å². The molecule has 0 aliphatic carbocycles. The topological polar surface area (TPSA) is 90.2 Å². The van der Waals surface area contributed by atoms with Crippen molar-refractivity contribution in [3.63, 3.8) is 0 Å². The molecule has 1 aliphatic rings. The molecular formula is C19H26O5. The lowest BCUT2D eigenvalue weighted by Crippen LogP contribution is -2.15. The summed E-state index contributed by atoms with van der Waals surface area (Å²) in [6.07, 6.45) is 0.943. The Bertz CT molecular complexity index is 667. The third kappa shape index (κ3) is 4.25. The van der Waals surface area contributed by atoms with Gasteiger partial charge in [0.25, 0.3) is 0 Å². The van der Waals surface area contributed by atoms with Crippen molar-refractivity contribution in [2.75, 3.05) is 0 Å². The lowest BCUT2D eigenvalue weighted by molar-refractivity contribution is 0.173. The summed E-state index contributed by atoms with van der Waals surface area (Å²) in [4.78, 5) is 0. The smallest absolute Gasteiger partial charge is 0.157 e. The first-order chi connectivity index (χ1) is 11.5. The minimum atomic E-state index is -0.296. The van der Waals surface area contributed by atoms with Gasteiger partial charge in [-0.2, -0.15) is 0 Å². The second kappa shape index (κ2) is 8.91. The van der Waals surface area contributed by atoms with E-state index in [0.29, 0.717) is 24.2 Å². The van der Waals surface area contributed by atoms with Gasteiger partial charge in [0.05, 0.1) is 0 Å². The van der Waals surface area contributed by atoms with Gasteiger partial charge in [-0.3, -0.25) is 0 Å². The van der Waals surface area contributed by atoms with Gasteiger partial charge in [-0.1, -0.05) is 33.8 Å². The van der Waals surface area contributed by atoms with Crippen LogP contribution in [0.5, 0.6) is 28.7 Å². The van der Waals surface area contributed by atoms with Crippen LogP contribution in [0.25, 0.3) is 0 Å². The number of aromatic hydroxyl groups is 4. The molecule has 0 fully saturated rings. The second-order valence-corrected chi connectivity index (χ2v) is 4.83. The summed E-state index contributed by atoms with van der Waals surface area (Å²) in [5, 5.41) is 38.1. The Kier molecular flexibility index (Phi) is 7.24. The molecule has 0 radical (unpaired) electrons. The quantitative estimate of drug-likeness (QED) is 0.571. The highest BCUT2D eigenvalue weighted by molar-refractivity contribution is 5.51. The molecule has 0 saturated carbocycles. The van der Waals surface area contributed by atoms with Gasteiger partial charge in [-0.25, -0.2) is 0 Å². The molecule has 5 heteroatoms. The Morgan fingerprint density at radius 2 is 1.50 bits per heavy atom. The summed E-state index contributed by atoms with van der Waals surface area (Å²) in [6.45, 7) is 8.00. The minimum absolute atomic E-state index is 0.0204. The molecular weight excluding hydrogens is 308 g/mol. The summed E-state index contributed by atoms with van der Waals surface area (Å²) in [5.41, 5.74) is 1.40. The molecule has 1 atom stereocenters. The Balaban J connectivity index is 0.000000671. The van der Waals surface area contributed by atoms with E-state index in [1.165, 1.54) is 24.3 Å². The van der Waals surface area contributed by atoms with E-state index in [9.17, 15) is 20.4 Å². The maximum absolute atomic E-state index is 9.76. The highest BCUT2D eigenvalue weighted by atomic mass is 16.5. The molecule has 1 aliphatic heterocycles. The largest absolute Gasteiger partial charge is 0.508 e. The molecule has 0 saturated heterocycles. The lowest BCUT2D eigenvalue weighted by Gasteiger charge is -2.27. The van der Waals surface area contributed by atoms with Crippen LogP contribution in [-0.2, 0) is 6.42 Å². The van der Waals surface area contributed by atoms with Crippen molar-refractivity contribution < 1.29 is 25.2 Å². The number of fused-ring (bicyclic) bond motifs is 1. The van der Waals surface area contributed by atoms with Crippen LogP contribution < -0.4 is 4.74 Å². The summed E-state index contributed by atoms with van der Waals surface area (Å²) < 4.78 is 5.76. The van der Waals surface area contributed by atoms with E-state index in [1.54, 1.807) is 6.07 Å². The molecule has 0 amide bonds. The molecule has 3 rings (SSSR count). The molecule has 132 valence electrons. The zero-order valence-electron chi connectivity index (χ0n) is 14.6. The van der Waals surface area contributed by atoms with Crippen molar-refractivity contribution in [3.05, 3.63) is 41.5 Å². The zero-order valence-corrected chi connectivity index (χ0v) is 14.6. The van der Waals surface area contributed by atoms with Crippen LogP contribution in [0.3, 0.4) is 0 Å². The van der Waals surface area contributed by atoms with Crippen molar-refractivity contribution in [1.82, 2.24) is 0 Å². The van der Waals surface area contributed by atoms with Crippen LogP contribution in [0.4, 0.5) is 0 Å². The fourth-order valence-electron chi connectivity index (χ4n) is 2.44. The first-order valence-corrected chi connectivity index (χ1v) is 8.28. The summed E-state index contributed by atoms with van der Waals surface area (Å²) >= 11 is 0. The van der Waals surface area contributed by atoms with Gasteiger partial charge >= 0.3 is 0 Å². The second-order valence-electron chi connectivity index (χ2n) is 4.83. The minimum Gasteiger partial charge on any atom is -0.508 e. The molecule has 1 heterocycles. The third-order valence-corrected chi connectivity index (χ3v) is 3.47. The maximum atomic E-state index is 9.76. The van der Waals surface area contributed by atoms with E-state index < -0.39 is 0 Å². The molecule has 24 heavy (non-hydrogen) atoms. The fourth-order valence-corrected chi connectivity index (χ4v) is 2.44. The molecule has 2 aromatic rings. The predicted octanol–water partition coefficient (Wildman–Crippen LogP) is 4.63. The number of phenols is 4. The number of benzene rings is 2. The highest BCUT2D eigenvalue weighted by Gasteiger charge is 2.24. The number of hydrogen-bond donors (Lipinski definition) is 4. The number of hydrogen-bond acceptors (Lipinski definition) is 5. The number of phenolic OH excluding ortho intramolecular Hbond substituents is 4. The zero-order chi connectivity index (χ0) is 18.3. The standard InChI is InChI=1S/C15H14O5.2C2H6/c16-9-6-12(18)10-2-4-14(20-15(10)7-9)8-1-3-11(17)13(19)5-8;2*1-2/h1,3,5-7,14,16-19H,2,4H2;2*1-2H3. The normalized spacial score (nSPS) is 14.9. The van der Waals surface area contributed by atoms with Crippen LogP contribution in [0.1, 0.15) is 51.3 Å². The summed E-state index contributed by atoms with van der Waals surface area (Å²) in [6, 6.07) is 7.28. The first kappa shape index (κ1) is 19.5. The fraction of sp³-hybridized carbons (Fsp3) is 0.368. The van der Waals surface area contributed by atoms with E-state index >= 15 is 0 Å². The highest BCUT2D eigenvalue weighted by Crippen LogP contribution is 2.42. The first-order valence-electron chi connectivity index (χ1n) is 8.28. The van der Waals surface area contributed by atoms with Gasteiger partial charge in [-0.05, 0) is 30.5 Å². The van der Waals surface area contributed by atoms with E-state index in [1.807, 2.05) is 27.7 Å².